The molecular formula is C16H19N3S. The number of likely N-dealkylation sites (N-methyl/N-ethyl adjacent to an activating group) is 1. The lowest BCUT2D eigenvalue weighted by atomic mass is 10.2. The summed E-state index contributed by atoms with van der Waals surface area (Å²) in [4.78, 5) is 10.5. The monoisotopic (exact) mass is 285 g/mol. The fourth-order valence-electron chi connectivity index (χ4n) is 2.43. The predicted molar refractivity (Wildman–Crippen MR) is 87.4 cm³/mol. The van der Waals surface area contributed by atoms with Gasteiger partial charge < -0.3 is 9.80 Å². The molecule has 0 bridgehead atoms. The first-order valence-electron chi connectivity index (χ1n) is 6.87. The molecule has 4 heteroatoms. The molecule has 0 aromatic carbocycles. The third-order valence-corrected chi connectivity index (χ3v) is 4.66. The molecule has 3 rings (SSSR count). The van der Waals surface area contributed by atoms with Crippen LogP contribution in [0.2, 0.25) is 0 Å². The van der Waals surface area contributed by atoms with E-state index in [1.165, 1.54) is 16.1 Å². The zero-order chi connectivity index (χ0) is 13.9. The van der Waals surface area contributed by atoms with Crippen molar-refractivity contribution >= 4 is 23.1 Å². The van der Waals surface area contributed by atoms with E-state index in [-0.39, 0.29) is 0 Å². The average molecular weight is 285 g/mol. The Kier molecular flexibility index (Phi) is 3.85. The van der Waals surface area contributed by atoms with E-state index in [1.807, 2.05) is 12.3 Å². The topological polar surface area (TPSA) is 19.4 Å². The van der Waals surface area contributed by atoms with Crippen LogP contribution < -0.4 is 4.90 Å². The van der Waals surface area contributed by atoms with E-state index in [1.54, 1.807) is 11.3 Å². The Morgan fingerprint density at radius 1 is 1.25 bits per heavy atom. The second-order valence-corrected chi connectivity index (χ2v) is 6.07. The fraction of sp³-hybridized carbons (Fsp3) is 0.312. The number of thiophene rings is 1. The zero-order valence-electron chi connectivity index (χ0n) is 11.7. The summed E-state index contributed by atoms with van der Waals surface area (Å²) in [6.07, 6.45) is 3.80. The number of hydrogen-bond acceptors (Lipinski definition) is 4. The first-order valence-corrected chi connectivity index (χ1v) is 7.75. The van der Waals surface area contributed by atoms with Gasteiger partial charge in [0.05, 0.1) is 5.69 Å². The molecule has 0 atom stereocenters. The molecule has 1 aliphatic heterocycles. The van der Waals surface area contributed by atoms with Gasteiger partial charge in [0.2, 0.25) is 0 Å². The molecular weight excluding hydrogens is 266 g/mol. The van der Waals surface area contributed by atoms with E-state index in [0.29, 0.717) is 0 Å². The van der Waals surface area contributed by atoms with Gasteiger partial charge in [-0.1, -0.05) is 12.7 Å². The third kappa shape index (κ3) is 2.76. The van der Waals surface area contributed by atoms with Crippen LogP contribution in [0.3, 0.4) is 0 Å². The van der Waals surface area contributed by atoms with Crippen LogP contribution in [0.15, 0.2) is 36.4 Å². The molecule has 1 fully saturated rings. The Balaban J connectivity index is 1.84. The normalized spacial score (nSPS) is 16.4. The van der Waals surface area contributed by atoms with Gasteiger partial charge in [-0.2, -0.15) is 0 Å². The minimum Gasteiger partial charge on any atom is -0.369 e. The molecule has 3 nitrogen and oxygen atoms in total. The Labute approximate surface area is 124 Å². The summed E-state index contributed by atoms with van der Waals surface area (Å²) in [7, 11) is 2.18. The summed E-state index contributed by atoms with van der Waals surface area (Å²) >= 11 is 1.71. The molecule has 0 unspecified atom stereocenters. The van der Waals surface area contributed by atoms with E-state index >= 15 is 0 Å². The van der Waals surface area contributed by atoms with Gasteiger partial charge in [0, 0.05) is 53.9 Å². The molecule has 2 aromatic rings. The Bertz CT molecular complexity index is 597. The Morgan fingerprint density at radius 2 is 2.05 bits per heavy atom. The molecule has 1 saturated heterocycles. The molecule has 104 valence electrons. The quantitative estimate of drug-likeness (QED) is 0.863. The van der Waals surface area contributed by atoms with E-state index in [4.69, 9.17) is 0 Å². The first kappa shape index (κ1) is 13.3. The maximum atomic E-state index is 4.50. The molecule has 20 heavy (non-hydrogen) atoms. The largest absolute Gasteiger partial charge is 0.369 e. The van der Waals surface area contributed by atoms with Gasteiger partial charge in [-0.05, 0) is 25.2 Å². The van der Waals surface area contributed by atoms with Gasteiger partial charge in [0.15, 0.2) is 0 Å². The van der Waals surface area contributed by atoms with Crippen molar-refractivity contribution in [3.8, 4) is 11.3 Å². The lowest BCUT2D eigenvalue weighted by molar-refractivity contribution is 0.313. The highest BCUT2D eigenvalue weighted by Crippen LogP contribution is 2.27. The van der Waals surface area contributed by atoms with Crippen LogP contribution in [-0.2, 0) is 0 Å². The third-order valence-electron chi connectivity index (χ3n) is 3.73. The van der Waals surface area contributed by atoms with Gasteiger partial charge in [-0.15, -0.1) is 11.3 Å². The minimum atomic E-state index is 1.05. The lowest BCUT2D eigenvalue weighted by Crippen LogP contribution is -2.44. The number of pyridine rings is 1. The SMILES string of the molecule is C=Cc1cc(-c2cc(N3CCN(C)CC3)ccn2)cs1. The number of piperazine rings is 1. The van der Waals surface area contributed by atoms with Crippen molar-refractivity contribution in [2.75, 3.05) is 38.1 Å². The van der Waals surface area contributed by atoms with E-state index < -0.39 is 0 Å². The van der Waals surface area contributed by atoms with Gasteiger partial charge in [-0.3, -0.25) is 4.98 Å². The van der Waals surface area contributed by atoms with Crippen molar-refractivity contribution in [1.29, 1.82) is 0 Å². The highest BCUT2D eigenvalue weighted by Gasteiger charge is 2.15. The second-order valence-electron chi connectivity index (χ2n) is 5.13. The molecule has 2 aromatic heterocycles. The summed E-state index contributed by atoms with van der Waals surface area (Å²) in [6, 6.07) is 6.45. The number of nitrogens with zero attached hydrogens (tertiary/aromatic N) is 3. The van der Waals surface area contributed by atoms with Crippen LogP contribution in [0.25, 0.3) is 17.3 Å². The van der Waals surface area contributed by atoms with Crippen LogP contribution >= 0.6 is 11.3 Å². The van der Waals surface area contributed by atoms with Crippen LogP contribution in [-0.4, -0.2) is 43.1 Å². The number of aromatic nitrogens is 1. The van der Waals surface area contributed by atoms with Crippen LogP contribution in [0.4, 0.5) is 5.69 Å². The fourth-order valence-corrected chi connectivity index (χ4v) is 3.18. The van der Waals surface area contributed by atoms with E-state index in [2.05, 4.69) is 52.0 Å². The van der Waals surface area contributed by atoms with Crippen molar-refractivity contribution < 1.29 is 0 Å². The molecule has 0 spiro atoms. The number of anilines is 1. The summed E-state index contributed by atoms with van der Waals surface area (Å²) in [6.45, 7) is 8.23. The highest BCUT2D eigenvalue weighted by molar-refractivity contribution is 7.11. The van der Waals surface area contributed by atoms with Crippen molar-refractivity contribution in [3.63, 3.8) is 0 Å². The average Bonchev–Trinajstić information content (AvgIpc) is 2.97. The van der Waals surface area contributed by atoms with Crippen LogP contribution in [0.1, 0.15) is 4.88 Å². The Morgan fingerprint density at radius 3 is 2.75 bits per heavy atom. The summed E-state index contributed by atoms with van der Waals surface area (Å²) in [5.74, 6) is 0. The standard InChI is InChI=1S/C16H19N3S/c1-3-15-10-13(12-20-15)16-11-14(4-5-17-16)19-8-6-18(2)7-9-19/h3-5,10-12H,1,6-9H2,2H3. The molecule has 0 aliphatic carbocycles. The van der Waals surface area contributed by atoms with Crippen molar-refractivity contribution in [2.45, 2.75) is 0 Å². The van der Waals surface area contributed by atoms with Crippen molar-refractivity contribution in [3.05, 3.63) is 41.2 Å². The van der Waals surface area contributed by atoms with Gasteiger partial charge in [0.25, 0.3) is 0 Å². The summed E-state index contributed by atoms with van der Waals surface area (Å²) < 4.78 is 0. The lowest BCUT2D eigenvalue weighted by Gasteiger charge is -2.34. The predicted octanol–water partition coefficient (Wildman–Crippen LogP) is 3.20. The maximum Gasteiger partial charge on any atom is 0.0731 e. The molecule has 0 amide bonds. The number of rotatable bonds is 3. The molecule has 0 saturated carbocycles. The van der Waals surface area contributed by atoms with Gasteiger partial charge in [-0.25, -0.2) is 0 Å². The molecule has 0 radical (unpaired) electrons. The summed E-state index contributed by atoms with van der Waals surface area (Å²) in [5, 5.41) is 2.15. The molecule has 0 N–H and O–H groups in total. The number of hydrogen-bond donors (Lipinski definition) is 0. The molecule has 1 aliphatic rings. The van der Waals surface area contributed by atoms with E-state index in [0.717, 1.165) is 31.9 Å². The second kappa shape index (κ2) is 5.77. The summed E-state index contributed by atoms with van der Waals surface area (Å²) in [5.41, 5.74) is 3.50. The smallest absolute Gasteiger partial charge is 0.0731 e. The van der Waals surface area contributed by atoms with Gasteiger partial charge in [0.1, 0.15) is 0 Å². The van der Waals surface area contributed by atoms with Crippen molar-refractivity contribution in [2.24, 2.45) is 0 Å². The first-order chi connectivity index (χ1) is 9.76. The minimum absolute atomic E-state index is 1.05. The Hall–Kier alpha value is -1.65. The van der Waals surface area contributed by atoms with E-state index in [9.17, 15) is 0 Å². The van der Waals surface area contributed by atoms with Crippen LogP contribution in [0.5, 0.6) is 0 Å². The van der Waals surface area contributed by atoms with Crippen molar-refractivity contribution in [1.82, 2.24) is 9.88 Å². The molecule has 3 heterocycles. The zero-order valence-corrected chi connectivity index (χ0v) is 12.6. The van der Waals surface area contributed by atoms with Crippen LogP contribution in [0, 0.1) is 0 Å². The highest BCUT2D eigenvalue weighted by atomic mass is 32.1. The maximum absolute atomic E-state index is 4.50. The van der Waals surface area contributed by atoms with Gasteiger partial charge >= 0.3 is 0 Å².